The number of aromatic nitrogens is 3. The molecule has 0 aliphatic carbocycles. The van der Waals surface area contributed by atoms with E-state index in [1.165, 1.54) is 0 Å². The fourth-order valence-electron chi connectivity index (χ4n) is 6.46. The molecule has 1 unspecified atom stereocenters. The molecule has 3 aromatic rings. The highest BCUT2D eigenvalue weighted by Gasteiger charge is 2.45. The molecule has 2 aliphatic heterocycles. The number of carbonyl (C=O) groups excluding carboxylic acids is 2. The second-order valence-corrected chi connectivity index (χ2v) is 14.3. The van der Waals surface area contributed by atoms with E-state index in [1.54, 1.807) is 40.0 Å². The van der Waals surface area contributed by atoms with Crippen molar-refractivity contribution in [3.8, 4) is 11.3 Å². The summed E-state index contributed by atoms with van der Waals surface area (Å²) in [6.07, 6.45) is 4.90. The Labute approximate surface area is 259 Å². The number of rotatable bonds is 5. The number of piperidine rings is 1. The number of halogens is 3. The van der Waals surface area contributed by atoms with E-state index in [0.717, 1.165) is 18.9 Å². The number of nitrogen functional groups attached to an aromatic ring is 1. The number of nitrogens with zero attached hydrogens (tertiary/aromatic N) is 5. The lowest BCUT2D eigenvalue weighted by atomic mass is 9.76. The van der Waals surface area contributed by atoms with Gasteiger partial charge in [0.15, 0.2) is 5.82 Å². The summed E-state index contributed by atoms with van der Waals surface area (Å²) < 4.78 is 29.7. The molecule has 43 heavy (non-hydrogen) atoms. The second kappa shape index (κ2) is 11.6. The second-order valence-electron chi connectivity index (χ2n) is 13.5. The van der Waals surface area contributed by atoms with Crippen molar-refractivity contribution in [2.24, 2.45) is 11.3 Å². The van der Waals surface area contributed by atoms with Gasteiger partial charge in [-0.2, -0.15) is 0 Å². The van der Waals surface area contributed by atoms with Crippen LogP contribution < -0.4 is 5.73 Å². The molecule has 2 aromatic carbocycles. The third kappa shape index (κ3) is 6.18. The molecule has 1 atom stereocenters. The fraction of sp³-hybridized carbons (Fsp3) is 0.500. The van der Waals surface area contributed by atoms with Gasteiger partial charge in [-0.3, -0.25) is 9.59 Å². The molecule has 2 saturated heterocycles. The van der Waals surface area contributed by atoms with E-state index < -0.39 is 11.6 Å². The van der Waals surface area contributed by atoms with Crippen LogP contribution in [0.2, 0.25) is 0 Å². The predicted octanol–water partition coefficient (Wildman–Crippen LogP) is 6.72. The molecule has 5 rings (SSSR count). The number of benzene rings is 2. The van der Waals surface area contributed by atoms with Gasteiger partial charge < -0.3 is 15.5 Å². The zero-order chi connectivity index (χ0) is 31.3. The first-order valence-electron chi connectivity index (χ1n) is 14.7. The third-order valence-corrected chi connectivity index (χ3v) is 9.70. The van der Waals surface area contributed by atoms with Gasteiger partial charge in [-0.05, 0) is 91.1 Å². The van der Waals surface area contributed by atoms with Crippen molar-refractivity contribution < 1.29 is 18.4 Å². The average Bonchev–Trinajstić information content (AvgIpc) is 3.57. The molecule has 3 heterocycles. The molecular weight excluding hydrogens is 618 g/mol. The normalized spacial score (nSPS) is 19.2. The minimum Gasteiger partial charge on any atom is -0.396 e. The van der Waals surface area contributed by atoms with E-state index in [2.05, 4.69) is 60.9 Å². The Kier molecular flexibility index (Phi) is 8.41. The van der Waals surface area contributed by atoms with E-state index in [9.17, 15) is 18.4 Å². The molecule has 0 bridgehead atoms. The Morgan fingerprint density at radius 2 is 1.70 bits per heavy atom. The van der Waals surface area contributed by atoms with Gasteiger partial charge >= 0.3 is 0 Å². The van der Waals surface area contributed by atoms with E-state index in [-0.39, 0.29) is 50.2 Å². The Morgan fingerprint density at radius 1 is 1.05 bits per heavy atom. The smallest absolute Gasteiger partial charge is 0.254 e. The summed E-state index contributed by atoms with van der Waals surface area (Å²) in [5.41, 5.74) is 7.00. The van der Waals surface area contributed by atoms with E-state index in [1.807, 2.05) is 4.90 Å². The van der Waals surface area contributed by atoms with Gasteiger partial charge in [-0.15, -0.1) is 5.10 Å². The molecule has 2 amide bonds. The third-order valence-electron chi connectivity index (χ3n) is 8.97. The molecule has 2 aliphatic rings. The molecule has 8 nitrogen and oxygen atoms in total. The molecule has 0 saturated carbocycles. The van der Waals surface area contributed by atoms with Gasteiger partial charge in [0.2, 0.25) is 0 Å². The van der Waals surface area contributed by atoms with E-state index in [0.29, 0.717) is 49.5 Å². The monoisotopic (exact) mass is 656 g/mol. The number of hydrogen-bond acceptors (Lipinski definition) is 5. The van der Waals surface area contributed by atoms with Crippen LogP contribution in [0, 0.1) is 23.0 Å². The lowest BCUT2D eigenvalue weighted by Gasteiger charge is -2.38. The molecule has 2 fully saturated rings. The van der Waals surface area contributed by atoms with Crippen molar-refractivity contribution in [1.82, 2.24) is 24.8 Å². The van der Waals surface area contributed by atoms with Crippen LogP contribution in [0.25, 0.3) is 11.3 Å². The maximum absolute atomic E-state index is 14.3. The molecule has 230 valence electrons. The number of nitrogens with two attached hydrogens (primary N) is 1. The van der Waals surface area contributed by atoms with E-state index >= 15 is 0 Å². The zero-order valence-electron chi connectivity index (χ0n) is 25.3. The van der Waals surface area contributed by atoms with Gasteiger partial charge in [-0.1, -0.05) is 32.1 Å². The number of hydrogen-bond donors (Lipinski definition) is 1. The molecule has 0 spiro atoms. The van der Waals surface area contributed by atoms with Crippen LogP contribution in [-0.4, -0.2) is 61.8 Å². The molecule has 11 heteroatoms. The molecule has 2 N–H and O–H groups in total. The molecule has 1 aromatic heterocycles. The largest absolute Gasteiger partial charge is 0.396 e. The van der Waals surface area contributed by atoms with Gasteiger partial charge in [0.05, 0.1) is 22.4 Å². The average molecular weight is 658 g/mol. The number of likely N-dealkylation sites (tertiary alicyclic amines) is 2. The minimum absolute atomic E-state index is 0.0389. The SMILES string of the molecule is CC(C)(C)CC1CCN(C(=O)c2cccc(C(=O)N3CCC(n4cc(-c5cc(F)c(Br)c(F)c5N)nn4)CC3)c2)C1(C)C. The highest BCUT2D eigenvalue weighted by atomic mass is 79.9. The van der Waals surface area contributed by atoms with Crippen molar-refractivity contribution in [3.63, 3.8) is 0 Å². The van der Waals surface area contributed by atoms with Crippen LogP contribution in [-0.2, 0) is 0 Å². The van der Waals surface area contributed by atoms with Crippen molar-refractivity contribution in [3.05, 3.63) is 63.8 Å². The van der Waals surface area contributed by atoms with E-state index in [4.69, 9.17) is 5.73 Å². The van der Waals surface area contributed by atoms with Crippen LogP contribution >= 0.6 is 15.9 Å². The first kappa shape index (κ1) is 31.1. The Morgan fingerprint density at radius 3 is 2.35 bits per heavy atom. The topological polar surface area (TPSA) is 97.4 Å². The van der Waals surface area contributed by atoms with Gasteiger partial charge in [0.1, 0.15) is 11.5 Å². The maximum Gasteiger partial charge on any atom is 0.254 e. The Bertz CT molecular complexity index is 1540. The predicted molar refractivity (Wildman–Crippen MR) is 165 cm³/mol. The Balaban J connectivity index is 1.23. The summed E-state index contributed by atoms with van der Waals surface area (Å²) in [6, 6.07) is 8.13. The van der Waals surface area contributed by atoms with Crippen LogP contribution in [0.4, 0.5) is 14.5 Å². The number of anilines is 1. The lowest BCUT2D eigenvalue weighted by molar-refractivity contribution is 0.0570. The highest BCUT2D eigenvalue weighted by molar-refractivity contribution is 9.10. The quantitative estimate of drug-likeness (QED) is 0.243. The van der Waals surface area contributed by atoms with Gasteiger partial charge in [0, 0.05) is 41.9 Å². The standard InChI is InChI=1S/C32H39BrF2N6O2/c1-31(2,3)17-21-9-14-40(32(21,4)5)30(43)20-8-6-7-19(15-20)29(42)39-12-10-22(11-13-39)41-18-25(37-38-41)23-16-24(34)26(33)27(35)28(23)36/h6-8,15-16,18,21-22H,9-14,17,36H2,1-5H3. The van der Waals surface area contributed by atoms with Crippen LogP contribution in [0.3, 0.4) is 0 Å². The summed E-state index contributed by atoms with van der Waals surface area (Å²) in [6.45, 7) is 12.7. The Hall–Kier alpha value is -3.34. The summed E-state index contributed by atoms with van der Waals surface area (Å²) in [7, 11) is 0. The summed E-state index contributed by atoms with van der Waals surface area (Å²) >= 11 is 2.86. The van der Waals surface area contributed by atoms with Crippen LogP contribution in [0.5, 0.6) is 0 Å². The highest BCUT2D eigenvalue weighted by Crippen LogP contribution is 2.42. The number of amides is 2. The van der Waals surface area contributed by atoms with Crippen molar-refractivity contribution in [2.45, 2.75) is 71.9 Å². The maximum atomic E-state index is 14.3. The molecule has 0 radical (unpaired) electrons. The van der Waals surface area contributed by atoms with Crippen molar-refractivity contribution in [2.75, 3.05) is 25.4 Å². The lowest BCUT2D eigenvalue weighted by Crippen LogP contribution is -2.46. The minimum atomic E-state index is -0.879. The van der Waals surface area contributed by atoms with Crippen molar-refractivity contribution >= 4 is 33.4 Å². The fourth-order valence-corrected chi connectivity index (χ4v) is 6.79. The molecular formula is C32H39BrF2N6O2. The van der Waals surface area contributed by atoms with Gasteiger partial charge in [0.25, 0.3) is 11.8 Å². The summed E-state index contributed by atoms with van der Waals surface area (Å²) in [4.78, 5) is 30.9. The summed E-state index contributed by atoms with van der Waals surface area (Å²) in [5, 5.41) is 8.28. The van der Waals surface area contributed by atoms with Crippen molar-refractivity contribution in [1.29, 1.82) is 0 Å². The van der Waals surface area contributed by atoms with Gasteiger partial charge in [-0.25, -0.2) is 13.5 Å². The van der Waals surface area contributed by atoms with Crippen LogP contribution in [0.1, 0.15) is 87.1 Å². The number of carbonyl (C=O) groups is 2. The first-order valence-corrected chi connectivity index (χ1v) is 15.5. The first-order chi connectivity index (χ1) is 20.2. The zero-order valence-corrected chi connectivity index (χ0v) is 26.9. The van der Waals surface area contributed by atoms with Crippen LogP contribution in [0.15, 0.2) is 41.0 Å². The summed E-state index contributed by atoms with van der Waals surface area (Å²) in [5.74, 6) is -1.40.